The van der Waals surface area contributed by atoms with Crippen LogP contribution in [0.2, 0.25) is 0 Å². The van der Waals surface area contributed by atoms with Crippen LogP contribution in [0.4, 0.5) is 0 Å². The largest absolute Gasteiger partial charge is 0.378 e. The van der Waals surface area contributed by atoms with Crippen LogP contribution in [0, 0.1) is 25.7 Å². The first-order chi connectivity index (χ1) is 6.37. The maximum atomic E-state index is 9.43. The number of pyridine rings is 1. The summed E-state index contributed by atoms with van der Waals surface area (Å²) < 4.78 is 0. The molecule has 0 bridgehead atoms. The molecule has 1 heterocycles. The fourth-order valence-corrected chi connectivity index (χ4v) is 1.13. The molecule has 1 rings (SSSR count). The Bertz CT molecular complexity index is 371. The van der Waals surface area contributed by atoms with Crippen LogP contribution in [0.5, 0.6) is 0 Å². The predicted molar refractivity (Wildman–Crippen MR) is 56.9 cm³/mol. The zero-order valence-electron chi connectivity index (χ0n) is 9.05. The first kappa shape index (κ1) is 10.7. The van der Waals surface area contributed by atoms with Crippen molar-refractivity contribution in [2.75, 3.05) is 0 Å². The Hall–Kier alpha value is -1.33. The maximum Gasteiger partial charge on any atom is 0.120 e. The lowest BCUT2D eigenvalue weighted by atomic mass is 10.1. The number of aromatic nitrogens is 1. The standard InChI is InChI=1S/C12H15NO/c1-9-7-11(8-10(2)13-9)5-6-12(3,4)14/h7-8,14H,1-4H3. The van der Waals surface area contributed by atoms with Gasteiger partial charge < -0.3 is 5.11 Å². The summed E-state index contributed by atoms with van der Waals surface area (Å²) in [4.78, 5) is 4.25. The number of rotatable bonds is 0. The molecule has 14 heavy (non-hydrogen) atoms. The van der Waals surface area contributed by atoms with Gasteiger partial charge in [0.2, 0.25) is 0 Å². The van der Waals surface area contributed by atoms with Crippen LogP contribution in [-0.4, -0.2) is 15.7 Å². The molecule has 2 heteroatoms. The van der Waals surface area contributed by atoms with Gasteiger partial charge >= 0.3 is 0 Å². The minimum Gasteiger partial charge on any atom is -0.378 e. The molecule has 0 spiro atoms. The summed E-state index contributed by atoms with van der Waals surface area (Å²) in [5.41, 5.74) is 1.86. The van der Waals surface area contributed by atoms with Gasteiger partial charge in [-0.05, 0) is 39.8 Å². The second-order valence-electron chi connectivity index (χ2n) is 3.95. The molecule has 0 aliphatic heterocycles. The molecule has 0 radical (unpaired) electrons. The second kappa shape index (κ2) is 3.81. The number of aliphatic hydroxyl groups is 1. The minimum absolute atomic E-state index is 0.900. The summed E-state index contributed by atoms with van der Waals surface area (Å²) in [6, 6.07) is 3.82. The van der Waals surface area contributed by atoms with Crippen LogP contribution in [0.3, 0.4) is 0 Å². The Morgan fingerprint density at radius 2 is 1.71 bits per heavy atom. The first-order valence-electron chi connectivity index (χ1n) is 4.58. The van der Waals surface area contributed by atoms with E-state index >= 15 is 0 Å². The van der Waals surface area contributed by atoms with Crippen molar-refractivity contribution in [2.24, 2.45) is 0 Å². The van der Waals surface area contributed by atoms with Gasteiger partial charge in [-0.15, -0.1) is 0 Å². The van der Waals surface area contributed by atoms with E-state index in [9.17, 15) is 5.11 Å². The number of aryl methyl sites for hydroxylation is 2. The van der Waals surface area contributed by atoms with Crippen molar-refractivity contribution in [3.63, 3.8) is 0 Å². The molecular formula is C12H15NO. The van der Waals surface area contributed by atoms with Gasteiger partial charge in [0.15, 0.2) is 0 Å². The van der Waals surface area contributed by atoms with Crippen molar-refractivity contribution >= 4 is 0 Å². The van der Waals surface area contributed by atoms with E-state index in [0.717, 1.165) is 17.0 Å². The Kier molecular flexibility index (Phi) is 2.93. The van der Waals surface area contributed by atoms with Gasteiger partial charge in [0.25, 0.3) is 0 Å². The molecule has 0 atom stereocenters. The molecule has 2 nitrogen and oxygen atoms in total. The Morgan fingerprint density at radius 1 is 1.21 bits per heavy atom. The third-order valence-corrected chi connectivity index (χ3v) is 1.59. The van der Waals surface area contributed by atoms with E-state index in [1.165, 1.54) is 0 Å². The average Bonchev–Trinajstić information content (AvgIpc) is 1.97. The molecule has 0 unspecified atom stereocenters. The molecule has 0 saturated carbocycles. The highest BCUT2D eigenvalue weighted by atomic mass is 16.3. The Labute approximate surface area is 85.0 Å². The van der Waals surface area contributed by atoms with Crippen molar-refractivity contribution in [3.05, 3.63) is 29.1 Å². The molecule has 0 amide bonds. The van der Waals surface area contributed by atoms with Gasteiger partial charge in [0.1, 0.15) is 5.60 Å². The van der Waals surface area contributed by atoms with E-state index in [1.54, 1.807) is 13.8 Å². The second-order valence-corrected chi connectivity index (χ2v) is 3.95. The van der Waals surface area contributed by atoms with Crippen LogP contribution in [0.15, 0.2) is 12.1 Å². The van der Waals surface area contributed by atoms with E-state index in [2.05, 4.69) is 16.8 Å². The summed E-state index contributed by atoms with van der Waals surface area (Å²) in [5.74, 6) is 5.70. The van der Waals surface area contributed by atoms with Gasteiger partial charge in [0, 0.05) is 17.0 Å². The number of hydrogen-bond donors (Lipinski definition) is 1. The van der Waals surface area contributed by atoms with Crippen LogP contribution in [-0.2, 0) is 0 Å². The van der Waals surface area contributed by atoms with Crippen molar-refractivity contribution in [3.8, 4) is 11.8 Å². The van der Waals surface area contributed by atoms with Gasteiger partial charge in [-0.25, -0.2) is 0 Å². The normalized spacial score (nSPS) is 10.6. The molecule has 1 aromatic rings. The summed E-state index contributed by atoms with van der Waals surface area (Å²) in [7, 11) is 0. The molecule has 0 aliphatic carbocycles. The first-order valence-corrected chi connectivity index (χ1v) is 4.58. The number of nitrogens with zero attached hydrogens (tertiary/aromatic N) is 1. The topological polar surface area (TPSA) is 33.1 Å². The summed E-state index contributed by atoms with van der Waals surface area (Å²) in [5, 5.41) is 9.43. The van der Waals surface area contributed by atoms with Crippen LogP contribution >= 0.6 is 0 Å². The van der Waals surface area contributed by atoms with E-state index < -0.39 is 5.60 Å². The highest BCUT2D eigenvalue weighted by Crippen LogP contribution is 2.04. The van der Waals surface area contributed by atoms with Gasteiger partial charge in [-0.1, -0.05) is 11.8 Å². The monoisotopic (exact) mass is 189 g/mol. The molecule has 0 fully saturated rings. The van der Waals surface area contributed by atoms with Crippen LogP contribution in [0.1, 0.15) is 30.8 Å². The lowest BCUT2D eigenvalue weighted by molar-refractivity contribution is 0.143. The number of hydrogen-bond acceptors (Lipinski definition) is 2. The molecule has 1 aromatic heterocycles. The summed E-state index contributed by atoms with van der Waals surface area (Å²) in [6.45, 7) is 7.20. The molecule has 0 saturated heterocycles. The van der Waals surface area contributed by atoms with Crippen molar-refractivity contribution in [2.45, 2.75) is 33.3 Å². The highest BCUT2D eigenvalue weighted by Gasteiger charge is 2.05. The fraction of sp³-hybridized carbons (Fsp3) is 0.417. The van der Waals surface area contributed by atoms with E-state index in [-0.39, 0.29) is 0 Å². The maximum absolute atomic E-state index is 9.43. The predicted octanol–water partition coefficient (Wildman–Crippen LogP) is 1.82. The minimum atomic E-state index is -0.939. The third kappa shape index (κ3) is 3.59. The molecule has 1 N–H and O–H groups in total. The van der Waals surface area contributed by atoms with Gasteiger partial charge in [0.05, 0.1) is 0 Å². The van der Waals surface area contributed by atoms with Gasteiger partial charge in [-0.3, -0.25) is 4.98 Å². The van der Waals surface area contributed by atoms with Crippen LogP contribution in [0.25, 0.3) is 0 Å². The quantitative estimate of drug-likeness (QED) is 0.631. The smallest absolute Gasteiger partial charge is 0.120 e. The SMILES string of the molecule is Cc1cc(C#CC(C)(C)O)cc(C)n1. The highest BCUT2D eigenvalue weighted by molar-refractivity contribution is 5.37. The van der Waals surface area contributed by atoms with Crippen molar-refractivity contribution in [1.82, 2.24) is 4.98 Å². The zero-order valence-corrected chi connectivity index (χ0v) is 9.05. The Morgan fingerprint density at radius 3 is 2.14 bits per heavy atom. The lowest BCUT2D eigenvalue weighted by Crippen LogP contribution is -2.14. The summed E-state index contributed by atoms with van der Waals surface area (Å²) >= 11 is 0. The molecule has 74 valence electrons. The molecular weight excluding hydrogens is 174 g/mol. The van der Waals surface area contributed by atoms with Gasteiger partial charge in [-0.2, -0.15) is 0 Å². The van der Waals surface area contributed by atoms with Crippen LogP contribution < -0.4 is 0 Å². The molecule has 0 aromatic carbocycles. The fourth-order valence-electron chi connectivity index (χ4n) is 1.13. The average molecular weight is 189 g/mol. The Balaban J connectivity index is 3.02. The third-order valence-electron chi connectivity index (χ3n) is 1.59. The van der Waals surface area contributed by atoms with E-state index in [1.807, 2.05) is 26.0 Å². The summed E-state index contributed by atoms with van der Waals surface area (Å²) in [6.07, 6.45) is 0. The lowest BCUT2D eigenvalue weighted by Gasteiger charge is -2.06. The van der Waals surface area contributed by atoms with E-state index in [4.69, 9.17) is 0 Å². The zero-order chi connectivity index (χ0) is 10.8. The molecule has 0 aliphatic rings. The van der Waals surface area contributed by atoms with Crippen molar-refractivity contribution in [1.29, 1.82) is 0 Å². The van der Waals surface area contributed by atoms with E-state index in [0.29, 0.717) is 0 Å². The van der Waals surface area contributed by atoms with Crippen molar-refractivity contribution < 1.29 is 5.11 Å².